The summed E-state index contributed by atoms with van der Waals surface area (Å²) in [7, 11) is 0. The maximum absolute atomic E-state index is 6.41. The second-order valence-electron chi connectivity index (χ2n) is 5.91. The molecule has 0 amide bonds. The zero-order chi connectivity index (χ0) is 17.9. The van der Waals surface area contributed by atoms with Gasteiger partial charge < -0.3 is 10.1 Å². The highest BCUT2D eigenvalue weighted by molar-refractivity contribution is 6.32. The highest BCUT2D eigenvalue weighted by atomic mass is 35.5. The Hall–Kier alpha value is -3.05. The summed E-state index contributed by atoms with van der Waals surface area (Å²) in [6.45, 7) is 2.00. The van der Waals surface area contributed by atoms with E-state index < -0.39 is 0 Å². The van der Waals surface area contributed by atoms with Crippen molar-refractivity contribution < 1.29 is 4.74 Å². The van der Waals surface area contributed by atoms with Crippen LogP contribution in [0.15, 0.2) is 66.9 Å². The van der Waals surface area contributed by atoms with Gasteiger partial charge in [0.1, 0.15) is 17.4 Å². The van der Waals surface area contributed by atoms with Crippen LogP contribution in [0.2, 0.25) is 5.02 Å². The molecule has 0 spiro atoms. The fourth-order valence-electron chi connectivity index (χ4n) is 2.73. The van der Waals surface area contributed by atoms with Crippen molar-refractivity contribution in [1.29, 1.82) is 0 Å². The number of H-pyrrole nitrogens is 1. The number of hydrogen-bond donors (Lipinski definition) is 2. The van der Waals surface area contributed by atoms with Crippen molar-refractivity contribution in [3.63, 3.8) is 0 Å². The fraction of sp³-hybridized carbons (Fsp3) is 0.100. The molecule has 130 valence electrons. The van der Waals surface area contributed by atoms with Gasteiger partial charge in [0.15, 0.2) is 5.82 Å². The molecule has 0 aliphatic rings. The first-order chi connectivity index (χ1) is 12.7. The van der Waals surface area contributed by atoms with Gasteiger partial charge in [-0.3, -0.25) is 10.1 Å². The van der Waals surface area contributed by atoms with E-state index in [-0.39, 0.29) is 6.10 Å². The van der Waals surface area contributed by atoms with E-state index in [9.17, 15) is 0 Å². The van der Waals surface area contributed by atoms with Crippen LogP contribution in [0.3, 0.4) is 0 Å². The molecule has 0 saturated carbocycles. The van der Waals surface area contributed by atoms with Crippen molar-refractivity contribution in [3.8, 4) is 5.75 Å². The summed E-state index contributed by atoms with van der Waals surface area (Å²) in [4.78, 5) is 4.34. The molecule has 4 aromatic rings. The molecule has 0 fully saturated rings. The maximum atomic E-state index is 6.41. The molecule has 1 atom stereocenters. The van der Waals surface area contributed by atoms with Crippen LogP contribution >= 0.6 is 11.6 Å². The second-order valence-corrected chi connectivity index (χ2v) is 6.32. The third-order valence-electron chi connectivity index (χ3n) is 4.09. The summed E-state index contributed by atoms with van der Waals surface area (Å²) >= 11 is 6.41. The van der Waals surface area contributed by atoms with E-state index in [0.29, 0.717) is 16.6 Å². The smallest absolute Gasteiger partial charge is 0.178 e. The van der Waals surface area contributed by atoms with Crippen LogP contribution in [-0.4, -0.2) is 15.2 Å². The van der Waals surface area contributed by atoms with Gasteiger partial charge in [-0.25, -0.2) is 0 Å². The Morgan fingerprint density at radius 2 is 1.92 bits per heavy atom. The predicted molar refractivity (Wildman–Crippen MR) is 104 cm³/mol. The Kier molecular flexibility index (Phi) is 4.46. The number of benzene rings is 2. The summed E-state index contributed by atoms with van der Waals surface area (Å²) in [5.74, 6) is 1.29. The summed E-state index contributed by atoms with van der Waals surface area (Å²) in [5.41, 5.74) is 3.56. The Labute approximate surface area is 156 Å². The number of ether oxygens (including phenoxy) is 1. The average Bonchev–Trinajstić information content (AvgIpc) is 3.08. The normalized spacial score (nSPS) is 12.1. The van der Waals surface area contributed by atoms with Crippen molar-refractivity contribution in [2.24, 2.45) is 0 Å². The van der Waals surface area contributed by atoms with Crippen molar-refractivity contribution in [2.75, 3.05) is 5.32 Å². The number of rotatable bonds is 5. The van der Waals surface area contributed by atoms with Crippen LogP contribution in [0.25, 0.3) is 11.0 Å². The van der Waals surface area contributed by atoms with Gasteiger partial charge in [0.25, 0.3) is 0 Å². The average molecular weight is 365 g/mol. The van der Waals surface area contributed by atoms with Crippen LogP contribution < -0.4 is 10.1 Å². The standard InChI is InChI=1S/C20H17ClN4O/c1-13(14-6-3-2-4-7-14)26-18-10-9-15(12-16(18)21)23-20-19-17(24-25-20)8-5-11-22-19/h2-13H,1H3,(H2,23,24,25). The predicted octanol–water partition coefficient (Wildman–Crippen LogP) is 5.49. The first kappa shape index (κ1) is 16.4. The van der Waals surface area contributed by atoms with E-state index >= 15 is 0 Å². The number of aromatic nitrogens is 3. The number of fused-ring (bicyclic) bond motifs is 1. The third-order valence-corrected chi connectivity index (χ3v) is 4.38. The van der Waals surface area contributed by atoms with E-state index in [1.165, 1.54) is 0 Å². The molecule has 0 radical (unpaired) electrons. The highest BCUT2D eigenvalue weighted by Crippen LogP contribution is 2.32. The molecule has 2 aromatic heterocycles. The molecule has 26 heavy (non-hydrogen) atoms. The van der Waals surface area contributed by atoms with Gasteiger partial charge in [-0.2, -0.15) is 5.10 Å². The maximum Gasteiger partial charge on any atom is 0.178 e. The zero-order valence-corrected chi connectivity index (χ0v) is 14.9. The number of nitrogens with one attached hydrogen (secondary N) is 2. The van der Waals surface area contributed by atoms with Gasteiger partial charge in [-0.05, 0) is 42.8 Å². The second kappa shape index (κ2) is 7.06. The molecule has 0 saturated heterocycles. The minimum Gasteiger partial charge on any atom is -0.484 e. The van der Waals surface area contributed by atoms with Gasteiger partial charge in [0, 0.05) is 11.9 Å². The lowest BCUT2D eigenvalue weighted by Crippen LogP contribution is -2.03. The molecule has 5 nitrogen and oxygen atoms in total. The van der Waals surface area contributed by atoms with Crippen molar-refractivity contribution in [3.05, 3.63) is 77.4 Å². The van der Waals surface area contributed by atoms with Crippen LogP contribution in [0.4, 0.5) is 11.5 Å². The topological polar surface area (TPSA) is 62.8 Å². The summed E-state index contributed by atoms with van der Waals surface area (Å²) in [5, 5.41) is 11.0. The van der Waals surface area contributed by atoms with Gasteiger partial charge in [-0.15, -0.1) is 0 Å². The van der Waals surface area contributed by atoms with Crippen LogP contribution in [0.1, 0.15) is 18.6 Å². The lowest BCUT2D eigenvalue weighted by atomic mass is 10.1. The van der Waals surface area contributed by atoms with Crippen molar-refractivity contribution in [2.45, 2.75) is 13.0 Å². The van der Waals surface area contributed by atoms with Gasteiger partial charge in [-0.1, -0.05) is 41.9 Å². The molecule has 2 aromatic carbocycles. The zero-order valence-electron chi connectivity index (χ0n) is 14.1. The minimum atomic E-state index is -0.0907. The summed E-state index contributed by atoms with van der Waals surface area (Å²) in [6, 6.07) is 19.4. The lowest BCUT2D eigenvalue weighted by Gasteiger charge is -2.16. The number of hydrogen-bond acceptors (Lipinski definition) is 4. The van der Waals surface area contributed by atoms with Crippen LogP contribution in [0.5, 0.6) is 5.75 Å². The quantitative estimate of drug-likeness (QED) is 0.491. The molecule has 2 heterocycles. The van der Waals surface area contributed by atoms with Gasteiger partial charge in [0.05, 0.1) is 10.5 Å². The summed E-state index contributed by atoms with van der Waals surface area (Å²) < 4.78 is 6.00. The van der Waals surface area contributed by atoms with E-state index in [1.54, 1.807) is 6.20 Å². The molecular formula is C20H17ClN4O. The first-order valence-electron chi connectivity index (χ1n) is 8.28. The Morgan fingerprint density at radius 1 is 1.08 bits per heavy atom. The van der Waals surface area contributed by atoms with E-state index in [4.69, 9.17) is 16.3 Å². The lowest BCUT2D eigenvalue weighted by molar-refractivity contribution is 0.227. The number of nitrogens with zero attached hydrogens (tertiary/aromatic N) is 2. The third kappa shape index (κ3) is 3.34. The van der Waals surface area contributed by atoms with Crippen molar-refractivity contribution in [1.82, 2.24) is 15.2 Å². The SMILES string of the molecule is CC(Oc1ccc(Nc2n[nH]c3cccnc23)cc1Cl)c1ccccc1. The van der Waals surface area contributed by atoms with Crippen LogP contribution in [-0.2, 0) is 0 Å². The van der Waals surface area contributed by atoms with Gasteiger partial charge in [0.2, 0.25) is 0 Å². The molecule has 2 N–H and O–H groups in total. The number of aromatic amines is 1. The van der Waals surface area contributed by atoms with Crippen LogP contribution in [0, 0.1) is 0 Å². The largest absolute Gasteiger partial charge is 0.484 e. The minimum absolute atomic E-state index is 0.0907. The Bertz CT molecular complexity index is 1030. The first-order valence-corrected chi connectivity index (χ1v) is 8.66. The molecule has 0 aliphatic heterocycles. The van der Waals surface area contributed by atoms with E-state index in [0.717, 1.165) is 22.3 Å². The summed E-state index contributed by atoms with van der Waals surface area (Å²) in [6.07, 6.45) is 1.64. The fourth-order valence-corrected chi connectivity index (χ4v) is 2.96. The Morgan fingerprint density at radius 3 is 2.73 bits per heavy atom. The molecule has 0 bridgehead atoms. The molecule has 1 unspecified atom stereocenters. The monoisotopic (exact) mass is 364 g/mol. The molecule has 4 rings (SSSR count). The Balaban J connectivity index is 1.52. The van der Waals surface area contributed by atoms with E-state index in [1.807, 2.05) is 67.6 Å². The molecular weight excluding hydrogens is 348 g/mol. The number of pyridine rings is 1. The number of anilines is 2. The van der Waals surface area contributed by atoms with Crippen molar-refractivity contribution >= 4 is 34.1 Å². The molecule has 6 heteroatoms. The highest BCUT2D eigenvalue weighted by Gasteiger charge is 2.11. The van der Waals surface area contributed by atoms with Gasteiger partial charge >= 0.3 is 0 Å². The molecule has 0 aliphatic carbocycles. The van der Waals surface area contributed by atoms with E-state index in [2.05, 4.69) is 20.5 Å². The number of halogens is 1.